The number of carbonyl (C=O) groups excluding carboxylic acids is 1. The molecule has 37 heavy (non-hydrogen) atoms. The standard InChI is InChI=1S/C26H24F3N7O/c1-14-6-7-21(36-13-30-12-31-36)25(32-14)22(37)11-35-16-4-3-5-20(35)24-17(10-16)26(34(2)33-24)15-8-18(27)23(29)19(28)9-15/h6-9,12-13,16,20H,3-5,10-11H2,1-2H3. The van der Waals surface area contributed by atoms with E-state index in [9.17, 15) is 18.0 Å². The number of halogens is 3. The number of hydrogen-bond acceptors (Lipinski definition) is 6. The van der Waals surface area contributed by atoms with Gasteiger partial charge in [0.2, 0.25) is 0 Å². The molecule has 0 saturated carbocycles. The first-order valence-corrected chi connectivity index (χ1v) is 12.1. The number of hydrogen-bond donors (Lipinski definition) is 0. The first kappa shape index (κ1) is 23.5. The Hall–Kier alpha value is -3.86. The van der Waals surface area contributed by atoms with Gasteiger partial charge >= 0.3 is 0 Å². The summed E-state index contributed by atoms with van der Waals surface area (Å²) < 4.78 is 44.8. The Labute approximate surface area is 210 Å². The summed E-state index contributed by atoms with van der Waals surface area (Å²) in [6.45, 7) is 1.99. The van der Waals surface area contributed by atoms with Crippen molar-refractivity contribution < 1.29 is 18.0 Å². The van der Waals surface area contributed by atoms with Gasteiger partial charge in [0.25, 0.3) is 0 Å². The molecule has 1 fully saturated rings. The van der Waals surface area contributed by atoms with E-state index in [-0.39, 0.29) is 30.0 Å². The molecule has 2 unspecified atom stereocenters. The molecule has 0 amide bonds. The van der Waals surface area contributed by atoms with E-state index in [1.165, 1.54) is 17.3 Å². The number of rotatable bonds is 5. The number of fused-ring (bicyclic) bond motifs is 4. The Morgan fingerprint density at radius 1 is 1.14 bits per heavy atom. The van der Waals surface area contributed by atoms with E-state index in [4.69, 9.17) is 5.10 Å². The van der Waals surface area contributed by atoms with E-state index < -0.39 is 17.5 Å². The van der Waals surface area contributed by atoms with Gasteiger partial charge in [-0.05, 0) is 56.9 Å². The second kappa shape index (κ2) is 8.91. The summed E-state index contributed by atoms with van der Waals surface area (Å²) in [4.78, 5) is 24.3. The van der Waals surface area contributed by atoms with Crippen molar-refractivity contribution in [3.05, 3.63) is 77.0 Å². The zero-order chi connectivity index (χ0) is 25.8. The molecule has 5 heterocycles. The Balaban J connectivity index is 1.36. The molecule has 8 nitrogen and oxygen atoms in total. The molecule has 1 aromatic carbocycles. The third kappa shape index (κ3) is 3.93. The molecule has 0 radical (unpaired) electrons. The number of piperidine rings is 1. The van der Waals surface area contributed by atoms with Crippen molar-refractivity contribution in [2.75, 3.05) is 6.54 Å². The molecule has 2 bridgehead atoms. The molecule has 190 valence electrons. The maximum Gasteiger partial charge on any atom is 0.197 e. The second-order valence-corrected chi connectivity index (χ2v) is 9.65. The average Bonchev–Trinajstić information content (AvgIpc) is 3.50. The summed E-state index contributed by atoms with van der Waals surface area (Å²) in [5.74, 6) is -4.09. The molecule has 0 N–H and O–H groups in total. The Morgan fingerprint density at radius 3 is 2.65 bits per heavy atom. The molecule has 3 aromatic heterocycles. The van der Waals surface area contributed by atoms with Crippen LogP contribution in [0.2, 0.25) is 0 Å². The highest BCUT2D eigenvalue weighted by atomic mass is 19.2. The van der Waals surface area contributed by atoms with Crippen molar-refractivity contribution in [2.24, 2.45) is 7.05 Å². The second-order valence-electron chi connectivity index (χ2n) is 9.65. The number of benzene rings is 1. The highest BCUT2D eigenvalue weighted by Gasteiger charge is 2.42. The van der Waals surface area contributed by atoms with Crippen LogP contribution in [0, 0.1) is 24.4 Å². The predicted octanol–water partition coefficient (Wildman–Crippen LogP) is 4.12. The van der Waals surface area contributed by atoms with Gasteiger partial charge in [0.1, 0.15) is 18.3 Å². The molecule has 4 aromatic rings. The largest absolute Gasteiger partial charge is 0.291 e. The van der Waals surface area contributed by atoms with Crippen LogP contribution in [0.1, 0.15) is 52.7 Å². The quantitative estimate of drug-likeness (QED) is 0.299. The maximum atomic E-state index is 14.0. The number of aromatic nitrogens is 6. The molecule has 2 aliphatic rings. The lowest BCUT2D eigenvalue weighted by molar-refractivity contribution is 0.0559. The van der Waals surface area contributed by atoms with Gasteiger partial charge in [-0.3, -0.25) is 14.4 Å². The SMILES string of the molecule is Cc1ccc(-n2cncn2)c(C(=O)CN2C3CCCC2c2nn(C)c(-c4cc(F)c(F)c(F)c4)c2C3)n1. The lowest BCUT2D eigenvalue weighted by atomic mass is 9.81. The van der Waals surface area contributed by atoms with Gasteiger partial charge in [-0.2, -0.15) is 10.2 Å². The molecular formula is C26H24F3N7O. The predicted molar refractivity (Wildman–Crippen MR) is 128 cm³/mol. The van der Waals surface area contributed by atoms with Crippen molar-refractivity contribution >= 4 is 5.78 Å². The number of ketones is 1. The lowest BCUT2D eigenvalue weighted by Gasteiger charge is -2.45. The van der Waals surface area contributed by atoms with E-state index in [2.05, 4.69) is 20.0 Å². The minimum Gasteiger partial charge on any atom is -0.291 e. The normalized spacial score (nSPS) is 19.2. The van der Waals surface area contributed by atoms with Gasteiger partial charge < -0.3 is 0 Å². The summed E-state index contributed by atoms with van der Waals surface area (Å²) in [5.41, 5.74) is 4.12. The minimum atomic E-state index is -1.49. The van der Waals surface area contributed by atoms with Gasteiger partial charge in [-0.15, -0.1) is 0 Å². The average molecular weight is 508 g/mol. The monoisotopic (exact) mass is 507 g/mol. The fourth-order valence-electron chi connectivity index (χ4n) is 5.74. The number of carbonyl (C=O) groups is 1. The summed E-state index contributed by atoms with van der Waals surface area (Å²) >= 11 is 0. The van der Waals surface area contributed by atoms with Crippen LogP contribution in [0.15, 0.2) is 36.9 Å². The Kier molecular flexibility index (Phi) is 5.67. The van der Waals surface area contributed by atoms with Crippen molar-refractivity contribution in [1.82, 2.24) is 34.4 Å². The molecule has 11 heteroatoms. The van der Waals surface area contributed by atoms with Gasteiger partial charge in [-0.25, -0.2) is 27.8 Å². The molecule has 1 saturated heterocycles. The van der Waals surface area contributed by atoms with Crippen molar-refractivity contribution in [1.29, 1.82) is 0 Å². The summed E-state index contributed by atoms with van der Waals surface area (Å²) in [7, 11) is 1.72. The molecule has 2 atom stereocenters. The van der Waals surface area contributed by atoms with Crippen LogP contribution in [0.5, 0.6) is 0 Å². The topological polar surface area (TPSA) is 81.7 Å². The fraction of sp³-hybridized carbons (Fsp3) is 0.346. The van der Waals surface area contributed by atoms with E-state index in [0.29, 0.717) is 23.5 Å². The van der Waals surface area contributed by atoms with Gasteiger partial charge in [0.15, 0.2) is 23.2 Å². The summed E-state index contributed by atoms with van der Waals surface area (Å²) in [6, 6.07) is 5.58. The van der Waals surface area contributed by atoms with E-state index in [1.54, 1.807) is 11.7 Å². The van der Waals surface area contributed by atoms with Crippen LogP contribution >= 0.6 is 0 Å². The van der Waals surface area contributed by atoms with Gasteiger partial charge in [0.05, 0.1) is 29.7 Å². The highest BCUT2D eigenvalue weighted by molar-refractivity contribution is 5.99. The number of Topliss-reactive ketones (excluding diaryl/α,β-unsaturated/α-hetero) is 1. The third-order valence-corrected chi connectivity index (χ3v) is 7.34. The van der Waals surface area contributed by atoms with Crippen LogP contribution in [-0.2, 0) is 13.5 Å². The molecule has 6 rings (SSSR count). The zero-order valence-electron chi connectivity index (χ0n) is 20.3. The van der Waals surface area contributed by atoms with Crippen molar-refractivity contribution in [2.45, 2.75) is 44.7 Å². The first-order chi connectivity index (χ1) is 17.8. The van der Waals surface area contributed by atoms with Crippen LogP contribution in [0.3, 0.4) is 0 Å². The van der Waals surface area contributed by atoms with Gasteiger partial charge in [-0.1, -0.05) is 0 Å². The number of pyridine rings is 1. The molecular weight excluding hydrogens is 483 g/mol. The van der Waals surface area contributed by atoms with E-state index >= 15 is 0 Å². The number of nitrogens with zero attached hydrogens (tertiary/aromatic N) is 7. The maximum absolute atomic E-state index is 14.0. The first-order valence-electron chi connectivity index (χ1n) is 12.1. The summed E-state index contributed by atoms with van der Waals surface area (Å²) in [6.07, 6.45) is 6.17. The van der Waals surface area contributed by atoms with Crippen LogP contribution in [0.25, 0.3) is 16.9 Å². The molecule has 0 aliphatic carbocycles. The third-order valence-electron chi connectivity index (χ3n) is 7.34. The van der Waals surface area contributed by atoms with Crippen molar-refractivity contribution in [3.8, 4) is 16.9 Å². The van der Waals surface area contributed by atoms with Crippen LogP contribution in [0.4, 0.5) is 13.2 Å². The highest BCUT2D eigenvalue weighted by Crippen LogP contribution is 2.44. The van der Waals surface area contributed by atoms with Crippen molar-refractivity contribution in [3.63, 3.8) is 0 Å². The van der Waals surface area contributed by atoms with Crippen LogP contribution in [-0.4, -0.2) is 52.8 Å². The van der Waals surface area contributed by atoms with Gasteiger partial charge in [0, 0.05) is 29.9 Å². The molecule has 0 spiro atoms. The van der Waals surface area contributed by atoms with E-state index in [1.807, 2.05) is 19.1 Å². The zero-order valence-corrected chi connectivity index (χ0v) is 20.3. The fourth-order valence-corrected chi connectivity index (χ4v) is 5.74. The summed E-state index contributed by atoms with van der Waals surface area (Å²) in [5, 5.41) is 8.88. The van der Waals surface area contributed by atoms with Crippen LogP contribution < -0.4 is 0 Å². The molecule has 2 aliphatic heterocycles. The lowest BCUT2D eigenvalue weighted by Crippen LogP contribution is -2.49. The number of aryl methyl sites for hydroxylation is 2. The Bertz CT molecular complexity index is 1490. The minimum absolute atomic E-state index is 0.0490. The Morgan fingerprint density at radius 2 is 1.92 bits per heavy atom. The smallest absolute Gasteiger partial charge is 0.197 e. The van der Waals surface area contributed by atoms with E-state index in [0.717, 1.165) is 48.3 Å².